The molecule has 0 saturated heterocycles. The van der Waals surface area contributed by atoms with E-state index >= 15 is 0 Å². The van der Waals surface area contributed by atoms with Crippen molar-refractivity contribution in [3.63, 3.8) is 0 Å². The number of anilines is 1. The molecular weight excluding hydrogens is 302 g/mol. The maximum atomic E-state index is 12.9. The van der Waals surface area contributed by atoms with Gasteiger partial charge in [0, 0.05) is 12.7 Å². The zero-order valence-electron chi connectivity index (χ0n) is 12.1. The van der Waals surface area contributed by atoms with E-state index in [-0.39, 0.29) is 10.4 Å². The maximum absolute atomic E-state index is 12.9. The number of aryl methyl sites for hydroxylation is 2. The second-order valence-electron chi connectivity index (χ2n) is 5.12. The van der Waals surface area contributed by atoms with E-state index in [4.69, 9.17) is 5.73 Å². The Bertz CT molecular complexity index is 1050. The van der Waals surface area contributed by atoms with E-state index in [0.717, 1.165) is 3.97 Å². The lowest BCUT2D eigenvalue weighted by Crippen LogP contribution is -2.28. The SMILES string of the molecule is Cc1ccccc1S(=O)(=O)n1c(=O)n(C)c2ccc(N)cc21. The summed E-state index contributed by atoms with van der Waals surface area (Å²) in [6.07, 6.45) is 0. The van der Waals surface area contributed by atoms with E-state index in [2.05, 4.69) is 0 Å². The van der Waals surface area contributed by atoms with Gasteiger partial charge in [-0.1, -0.05) is 18.2 Å². The second-order valence-corrected chi connectivity index (χ2v) is 6.88. The molecule has 0 spiro atoms. The third-order valence-electron chi connectivity index (χ3n) is 3.65. The highest BCUT2D eigenvalue weighted by molar-refractivity contribution is 7.90. The first-order valence-electron chi connectivity index (χ1n) is 6.62. The number of nitrogens with two attached hydrogens (primary N) is 1. The van der Waals surface area contributed by atoms with Crippen LogP contribution in [0, 0.1) is 6.92 Å². The molecule has 0 aliphatic carbocycles. The van der Waals surface area contributed by atoms with Crippen LogP contribution in [0.4, 0.5) is 5.69 Å². The number of rotatable bonds is 2. The fourth-order valence-electron chi connectivity index (χ4n) is 2.51. The van der Waals surface area contributed by atoms with Gasteiger partial charge in [0.15, 0.2) is 0 Å². The minimum atomic E-state index is -4.00. The molecule has 0 aliphatic heterocycles. The summed E-state index contributed by atoms with van der Waals surface area (Å²) >= 11 is 0. The Labute approximate surface area is 127 Å². The fraction of sp³-hybridized carbons (Fsp3) is 0.133. The number of imidazole rings is 1. The van der Waals surface area contributed by atoms with Gasteiger partial charge >= 0.3 is 5.69 Å². The highest BCUT2D eigenvalue weighted by atomic mass is 32.2. The van der Waals surface area contributed by atoms with Crippen LogP contribution >= 0.6 is 0 Å². The van der Waals surface area contributed by atoms with Crippen molar-refractivity contribution in [3.05, 3.63) is 58.5 Å². The van der Waals surface area contributed by atoms with Gasteiger partial charge in [-0.15, -0.1) is 0 Å². The second kappa shape index (κ2) is 4.74. The van der Waals surface area contributed by atoms with Crippen molar-refractivity contribution >= 4 is 26.7 Å². The molecule has 1 aromatic heterocycles. The summed E-state index contributed by atoms with van der Waals surface area (Å²) in [5.41, 5.74) is 6.88. The number of aromatic nitrogens is 2. The lowest BCUT2D eigenvalue weighted by Gasteiger charge is -2.08. The molecule has 0 fully saturated rings. The third-order valence-corrected chi connectivity index (χ3v) is 5.50. The first-order chi connectivity index (χ1) is 10.3. The molecule has 6 nitrogen and oxygen atoms in total. The molecule has 7 heteroatoms. The van der Waals surface area contributed by atoms with Crippen LogP contribution < -0.4 is 11.4 Å². The van der Waals surface area contributed by atoms with Gasteiger partial charge in [0.05, 0.1) is 15.9 Å². The molecule has 0 amide bonds. The predicted molar refractivity (Wildman–Crippen MR) is 85.4 cm³/mol. The summed E-state index contributed by atoms with van der Waals surface area (Å²) in [5.74, 6) is 0. The average molecular weight is 317 g/mol. The number of hydrogen-bond donors (Lipinski definition) is 1. The minimum absolute atomic E-state index is 0.104. The van der Waals surface area contributed by atoms with Gasteiger partial charge in [-0.2, -0.15) is 3.97 Å². The third kappa shape index (κ3) is 1.93. The molecule has 0 aliphatic rings. The molecule has 3 aromatic rings. The van der Waals surface area contributed by atoms with Crippen LogP contribution in [0.3, 0.4) is 0 Å². The smallest absolute Gasteiger partial charge is 0.343 e. The zero-order valence-corrected chi connectivity index (χ0v) is 13.0. The molecule has 1 heterocycles. The average Bonchev–Trinajstić information content (AvgIpc) is 2.71. The lowest BCUT2D eigenvalue weighted by atomic mass is 10.2. The van der Waals surface area contributed by atoms with Gasteiger partial charge in [-0.25, -0.2) is 13.2 Å². The monoisotopic (exact) mass is 317 g/mol. The highest BCUT2D eigenvalue weighted by Gasteiger charge is 2.25. The lowest BCUT2D eigenvalue weighted by molar-refractivity contribution is 0.585. The van der Waals surface area contributed by atoms with Crippen LogP contribution in [0.25, 0.3) is 11.0 Å². The molecule has 0 radical (unpaired) electrons. The Hall–Kier alpha value is -2.54. The van der Waals surface area contributed by atoms with Crippen molar-refractivity contribution in [2.24, 2.45) is 7.05 Å². The van der Waals surface area contributed by atoms with Crippen molar-refractivity contribution in [1.29, 1.82) is 0 Å². The van der Waals surface area contributed by atoms with E-state index in [1.807, 2.05) is 0 Å². The molecule has 0 bridgehead atoms. The van der Waals surface area contributed by atoms with E-state index in [1.54, 1.807) is 37.3 Å². The molecule has 0 unspecified atom stereocenters. The van der Waals surface area contributed by atoms with Crippen LogP contribution in [0.15, 0.2) is 52.2 Å². The first kappa shape index (κ1) is 14.4. The Morgan fingerprint density at radius 1 is 1.05 bits per heavy atom. The van der Waals surface area contributed by atoms with Gasteiger partial charge in [0.1, 0.15) is 0 Å². The summed E-state index contributed by atoms with van der Waals surface area (Å²) < 4.78 is 27.9. The summed E-state index contributed by atoms with van der Waals surface area (Å²) in [6.45, 7) is 1.69. The summed E-state index contributed by atoms with van der Waals surface area (Å²) in [6, 6.07) is 11.3. The Morgan fingerprint density at radius 3 is 2.41 bits per heavy atom. The normalized spacial score (nSPS) is 11.9. The quantitative estimate of drug-likeness (QED) is 0.725. The van der Waals surface area contributed by atoms with Gasteiger partial charge in [-0.05, 0) is 36.8 Å². The summed E-state index contributed by atoms with van der Waals surface area (Å²) in [5, 5.41) is 0. The molecule has 114 valence electrons. The standard InChI is InChI=1S/C15H15N3O3S/c1-10-5-3-4-6-14(10)22(20,21)18-13-9-11(16)7-8-12(13)17(2)15(18)19/h3-9H,16H2,1-2H3. The first-order valence-corrected chi connectivity index (χ1v) is 8.06. The molecule has 3 rings (SSSR count). The Morgan fingerprint density at radius 2 is 1.73 bits per heavy atom. The highest BCUT2D eigenvalue weighted by Crippen LogP contribution is 2.23. The van der Waals surface area contributed by atoms with E-state index in [9.17, 15) is 13.2 Å². The van der Waals surface area contributed by atoms with E-state index in [1.165, 1.54) is 23.7 Å². The van der Waals surface area contributed by atoms with Crippen molar-refractivity contribution < 1.29 is 8.42 Å². The van der Waals surface area contributed by atoms with Gasteiger partial charge < -0.3 is 5.73 Å². The molecule has 0 atom stereocenters. The molecule has 0 saturated carbocycles. The van der Waals surface area contributed by atoms with Crippen LogP contribution in [0.2, 0.25) is 0 Å². The number of benzene rings is 2. The maximum Gasteiger partial charge on any atom is 0.343 e. The molecular formula is C15H15N3O3S. The van der Waals surface area contributed by atoms with Crippen molar-refractivity contribution in [2.75, 3.05) is 5.73 Å². The van der Waals surface area contributed by atoms with Crippen molar-refractivity contribution in [3.8, 4) is 0 Å². The number of fused-ring (bicyclic) bond motifs is 1. The molecule has 2 N–H and O–H groups in total. The summed E-state index contributed by atoms with van der Waals surface area (Å²) in [4.78, 5) is 12.5. The number of nitrogen functional groups attached to an aromatic ring is 1. The Kier molecular flexibility index (Phi) is 3.10. The van der Waals surface area contributed by atoms with Crippen LogP contribution in [0.5, 0.6) is 0 Å². The van der Waals surface area contributed by atoms with E-state index in [0.29, 0.717) is 16.8 Å². The van der Waals surface area contributed by atoms with Gasteiger partial charge in [-0.3, -0.25) is 4.57 Å². The van der Waals surface area contributed by atoms with E-state index < -0.39 is 15.7 Å². The molecule has 2 aromatic carbocycles. The van der Waals surface area contributed by atoms with Crippen LogP contribution in [-0.2, 0) is 17.1 Å². The summed E-state index contributed by atoms with van der Waals surface area (Å²) in [7, 11) is -2.46. The largest absolute Gasteiger partial charge is 0.399 e. The fourth-order valence-corrected chi connectivity index (χ4v) is 4.16. The number of hydrogen-bond acceptors (Lipinski definition) is 4. The molecule has 22 heavy (non-hydrogen) atoms. The van der Waals surface area contributed by atoms with Gasteiger partial charge in [0.25, 0.3) is 10.0 Å². The van der Waals surface area contributed by atoms with Crippen LogP contribution in [0.1, 0.15) is 5.56 Å². The minimum Gasteiger partial charge on any atom is -0.399 e. The topological polar surface area (TPSA) is 87.1 Å². The van der Waals surface area contributed by atoms with Crippen molar-refractivity contribution in [2.45, 2.75) is 11.8 Å². The zero-order chi connectivity index (χ0) is 16.1. The number of nitrogens with zero attached hydrogens (tertiary/aromatic N) is 2. The van der Waals surface area contributed by atoms with Gasteiger partial charge in [0.2, 0.25) is 0 Å². The van der Waals surface area contributed by atoms with Crippen LogP contribution in [-0.4, -0.2) is 17.0 Å². The van der Waals surface area contributed by atoms with Crippen molar-refractivity contribution in [1.82, 2.24) is 8.54 Å². The Balaban J connectivity index is 2.45. The predicted octanol–water partition coefficient (Wildman–Crippen LogP) is 1.47.